The summed E-state index contributed by atoms with van der Waals surface area (Å²) in [6, 6.07) is 12.9. The fourth-order valence-electron chi connectivity index (χ4n) is 2.86. The van der Waals surface area contributed by atoms with Crippen LogP contribution in [0, 0.1) is 5.82 Å². The van der Waals surface area contributed by atoms with Crippen LogP contribution in [0.25, 0.3) is 0 Å². The molecule has 8 heteroatoms. The normalized spacial score (nSPS) is 13.1. The second-order valence-corrected chi connectivity index (χ2v) is 6.43. The largest absolute Gasteiger partial charge is 0.491 e. The summed E-state index contributed by atoms with van der Waals surface area (Å²) in [6.45, 7) is -0.181. The Morgan fingerprint density at radius 1 is 1.14 bits per heavy atom. The molecular weight excluding hydrogens is 379 g/mol. The molecule has 0 fully saturated rings. The summed E-state index contributed by atoms with van der Waals surface area (Å²) >= 11 is 0. The maximum absolute atomic E-state index is 12.9. The lowest BCUT2D eigenvalue weighted by Gasteiger charge is -2.20. The van der Waals surface area contributed by atoms with Crippen molar-refractivity contribution in [1.29, 1.82) is 0 Å². The third kappa shape index (κ3) is 5.78. The van der Waals surface area contributed by atoms with Gasteiger partial charge in [-0.05, 0) is 36.2 Å². The van der Waals surface area contributed by atoms with Gasteiger partial charge in [0, 0.05) is 6.54 Å². The predicted octanol–water partition coefficient (Wildman–Crippen LogP) is 1.84. The first-order valence-electron chi connectivity index (χ1n) is 9.22. The van der Waals surface area contributed by atoms with Gasteiger partial charge in [-0.15, -0.1) is 0 Å². The Balaban J connectivity index is 1.45. The molecule has 7 nitrogen and oxygen atoms in total. The van der Waals surface area contributed by atoms with E-state index in [4.69, 9.17) is 9.47 Å². The Bertz CT molecular complexity index is 885. The van der Waals surface area contributed by atoms with E-state index in [1.807, 2.05) is 0 Å². The molecule has 0 unspecified atom stereocenters. The Morgan fingerprint density at radius 3 is 2.69 bits per heavy atom. The van der Waals surface area contributed by atoms with E-state index in [1.165, 1.54) is 17.0 Å². The van der Waals surface area contributed by atoms with Gasteiger partial charge >= 0.3 is 5.97 Å². The van der Waals surface area contributed by atoms with Gasteiger partial charge in [0.15, 0.2) is 6.61 Å². The van der Waals surface area contributed by atoms with Crippen molar-refractivity contribution in [3.05, 3.63) is 59.9 Å². The molecule has 3 rings (SSSR count). The van der Waals surface area contributed by atoms with Crippen LogP contribution in [0.1, 0.15) is 12.0 Å². The molecule has 0 saturated carbocycles. The molecule has 0 radical (unpaired) electrons. The maximum atomic E-state index is 12.9. The molecule has 2 aromatic rings. The number of hydrogen-bond donors (Lipinski definition) is 1. The molecule has 29 heavy (non-hydrogen) atoms. The molecule has 1 aliphatic rings. The molecule has 1 N–H and O–H groups in total. The van der Waals surface area contributed by atoms with Crippen LogP contribution in [0.3, 0.4) is 0 Å². The Morgan fingerprint density at radius 2 is 1.90 bits per heavy atom. The van der Waals surface area contributed by atoms with Crippen LogP contribution in [-0.2, 0) is 25.5 Å². The highest BCUT2D eigenvalue weighted by molar-refractivity contribution is 5.99. The van der Waals surface area contributed by atoms with Crippen LogP contribution in [0.4, 0.5) is 10.1 Å². The van der Waals surface area contributed by atoms with E-state index in [0.717, 1.165) is 5.56 Å². The number of anilines is 1. The van der Waals surface area contributed by atoms with Crippen molar-refractivity contribution in [2.24, 2.45) is 0 Å². The van der Waals surface area contributed by atoms with Gasteiger partial charge in [-0.3, -0.25) is 19.3 Å². The third-order valence-electron chi connectivity index (χ3n) is 4.33. The van der Waals surface area contributed by atoms with Crippen molar-refractivity contribution in [3.63, 3.8) is 0 Å². The van der Waals surface area contributed by atoms with Crippen LogP contribution in [0.5, 0.6) is 5.75 Å². The molecule has 0 saturated heterocycles. The standard InChI is InChI=1S/C21H21FN2O5/c22-16-7-5-15(6-8-16)9-11-23-19(25)14-29-21(27)13-24-17-3-1-2-4-18(17)28-12-10-20(24)26/h1-8H,9-14H2,(H,23,25). The van der Waals surface area contributed by atoms with Crippen LogP contribution < -0.4 is 15.0 Å². The molecule has 2 aromatic carbocycles. The minimum atomic E-state index is -0.691. The number of nitrogens with zero attached hydrogens (tertiary/aromatic N) is 1. The number of ether oxygens (including phenoxy) is 2. The van der Waals surface area contributed by atoms with E-state index in [1.54, 1.807) is 36.4 Å². The number of amides is 2. The fraction of sp³-hybridized carbons (Fsp3) is 0.286. The zero-order valence-corrected chi connectivity index (χ0v) is 15.7. The average Bonchev–Trinajstić information content (AvgIpc) is 2.87. The van der Waals surface area contributed by atoms with Crippen molar-refractivity contribution in [2.75, 3.05) is 31.2 Å². The van der Waals surface area contributed by atoms with E-state index in [2.05, 4.69) is 5.32 Å². The Kier molecular flexibility index (Phi) is 6.78. The van der Waals surface area contributed by atoms with Gasteiger partial charge in [0.05, 0.1) is 18.7 Å². The van der Waals surface area contributed by atoms with Gasteiger partial charge in [0.2, 0.25) is 5.91 Å². The monoisotopic (exact) mass is 400 g/mol. The molecular formula is C21H21FN2O5. The number of para-hydroxylation sites is 2. The summed E-state index contributed by atoms with van der Waals surface area (Å²) in [5, 5.41) is 2.63. The first kappa shape index (κ1) is 20.3. The lowest BCUT2D eigenvalue weighted by Crippen LogP contribution is -2.37. The highest BCUT2D eigenvalue weighted by atomic mass is 19.1. The van der Waals surface area contributed by atoms with E-state index in [0.29, 0.717) is 24.4 Å². The average molecular weight is 400 g/mol. The lowest BCUT2D eigenvalue weighted by molar-refractivity contribution is -0.147. The molecule has 152 valence electrons. The smallest absolute Gasteiger partial charge is 0.326 e. The molecule has 0 bridgehead atoms. The van der Waals surface area contributed by atoms with Crippen molar-refractivity contribution >= 4 is 23.5 Å². The quantitative estimate of drug-likeness (QED) is 0.717. The van der Waals surface area contributed by atoms with Crippen LogP contribution >= 0.6 is 0 Å². The van der Waals surface area contributed by atoms with Gasteiger partial charge < -0.3 is 14.8 Å². The third-order valence-corrected chi connectivity index (χ3v) is 4.33. The topological polar surface area (TPSA) is 84.9 Å². The number of esters is 1. The molecule has 0 aromatic heterocycles. The predicted molar refractivity (Wildman–Crippen MR) is 103 cm³/mol. The molecule has 1 heterocycles. The summed E-state index contributed by atoms with van der Waals surface area (Å²) in [5.41, 5.74) is 1.37. The van der Waals surface area contributed by atoms with Crippen LogP contribution in [0.15, 0.2) is 48.5 Å². The second-order valence-electron chi connectivity index (χ2n) is 6.43. The van der Waals surface area contributed by atoms with Gasteiger partial charge in [-0.2, -0.15) is 0 Å². The van der Waals surface area contributed by atoms with Crippen LogP contribution in [-0.4, -0.2) is 44.1 Å². The number of fused-ring (bicyclic) bond motifs is 1. The number of benzene rings is 2. The summed E-state index contributed by atoms with van der Waals surface area (Å²) in [7, 11) is 0. The highest BCUT2D eigenvalue weighted by Crippen LogP contribution is 2.30. The van der Waals surface area contributed by atoms with E-state index in [-0.39, 0.29) is 31.3 Å². The summed E-state index contributed by atoms with van der Waals surface area (Å²) < 4.78 is 23.4. The van der Waals surface area contributed by atoms with E-state index >= 15 is 0 Å². The fourth-order valence-corrected chi connectivity index (χ4v) is 2.86. The first-order chi connectivity index (χ1) is 14.0. The van der Waals surface area contributed by atoms with Gasteiger partial charge in [0.1, 0.15) is 18.1 Å². The summed E-state index contributed by atoms with van der Waals surface area (Å²) in [6.07, 6.45) is 0.671. The zero-order chi connectivity index (χ0) is 20.6. The van der Waals surface area contributed by atoms with Gasteiger partial charge in [-0.25, -0.2) is 4.39 Å². The second kappa shape index (κ2) is 9.68. The van der Waals surface area contributed by atoms with E-state index < -0.39 is 18.5 Å². The number of nitrogens with one attached hydrogen (secondary N) is 1. The Hall–Kier alpha value is -3.42. The minimum Gasteiger partial charge on any atom is -0.491 e. The molecule has 0 spiro atoms. The van der Waals surface area contributed by atoms with Crippen molar-refractivity contribution in [2.45, 2.75) is 12.8 Å². The minimum absolute atomic E-state index is 0.145. The SMILES string of the molecule is O=C(COC(=O)CN1C(=O)CCOc2ccccc21)NCCc1ccc(F)cc1. The van der Waals surface area contributed by atoms with Crippen LogP contribution in [0.2, 0.25) is 0 Å². The number of carbonyl (C=O) groups is 3. The lowest BCUT2D eigenvalue weighted by atomic mass is 10.1. The summed E-state index contributed by atoms with van der Waals surface area (Å²) in [4.78, 5) is 37.6. The number of rotatable bonds is 7. The Labute approximate surface area is 167 Å². The zero-order valence-electron chi connectivity index (χ0n) is 15.7. The number of hydrogen-bond acceptors (Lipinski definition) is 5. The first-order valence-corrected chi connectivity index (χ1v) is 9.22. The number of carbonyl (C=O) groups excluding carboxylic acids is 3. The molecule has 2 amide bonds. The summed E-state index contributed by atoms with van der Waals surface area (Å²) in [5.74, 6) is -1.20. The van der Waals surface area contributed by atoms with Crippen molar-refractivity contribution in [1.82, 2.24) is 5.32 Å². The number of halogens is 1. The maximum Gasteiger partial charge on any atom is 0.326 e. The van der Waals surface area contributed by atoms with Gasteiger partial charge in [-0.1, -0.05) is 24.3 Å². The molecule has 0 atom stereocenters. The molecule has 1 aliphatic heterocycles. The highest BCUT2D eigenvalue weighted by Gasteiger charge is 2.25. The van der Waals surface area contributed by atoms with Crippen molar-refractivity contribution in [3.8, 4) is 5.75 Å². The van der Waals surface area contributed by atoms with E-state index in [9.17, 15) is 18.8 Å². The molecule has 0 aliphatic carbocycles. The van der Waals surface area contributed by atoms with Crippen molar-refractivity contribution < 1.29 is 28.2 Å². The van der Waals surface area contributed by atoms with Gasteiger partial charge in [0.25, 0.3) is 5.91 Å².